The van der Waals surface area contributed by atoms with Gasteiger partial charge in [-0.05, 0) is 73.9 Å². The maximum atomic E-state index is 11.2. The highest BCUT2D eigenvalue weighted by atomic mass is 15.2. The normalized spacial score (nSPS) is 13.8. The zero-order valence-electron chi connectivity index (χ0n) is 19.0. The Morgan fingerprint density at radius 3 is 1.60 bits per heavy atom. The van der Waals surface area contributed by atoms with E-state index in [9.17, 15) is 5.53 Å². The molecule has 0 radical (unpaired) electrons. The maximum Gasteiger partial charge on any atom is 0.210 e. The molecule has 2 heteroatoms. The van der Waals surface area contributed by atoms with Gasteiger partial charge in [0.05, 0.1) is 0 Å². The first-order valence-corrected chi connectivity index (χ1v) is 11.8. The number of benzene rings is 2. The summed E-state index contributed by atoms with van der Waals surface area (Å²) in [6.07, 6.45) is 12.5. The summed E-state index contributed by atoms with van der Waals surface area (Å²) in [5.74, 6) is 0. The summed E-state index contributed by atoms with van der Waals surface area (Å²) in [5.41, 5.74) is 19.1. The Balaban J connectivity index is 1.85. The van der Waals surface area contributed by atoms with E-state index in [4.69, 9.17) is 0 Å². The molecule has 1 heterocycles. The Morgan fingerprint density at radius 2 is 1.10 bits per heavy atom. The lowest BCUT2D eigenvalue weighted by atomic mass is 10.0. The first-order chi connectivity index (χ1) is 14.7. The third-order valence-corrected chi connectivity index (χ3v) is 5.97. The molecule has 0 fully saturated rings. The minimum absolute atomic E-state index is 0.883. The molecule has 0 spiro atoms. The van der Waals surface area contributed by atoms with Crippen molar-refractivity contribution >= 4 is 11.4 Å². The molecule has 0 atom stereocenters. The van der Waals surface area contributed by atoms with Crippen LogP contribution in [-0.4, -0.2) is 4.70 Å². The Hall–Kier alpha value is -2.48. The average molecular weight is 401 g/mol. The number of aryl methyl sites for hydroxylation is 2. The summed E-state index contributed by atoms with van der Waals surface area (Å²) >= 11 is 0. The molecule has 0 aliphatic carbocycles. The van der Waals surface area contributed by atoms with E-state index in [0.717, 1.165) is 54.6 Å². The monoisotopic (exact) mass is 400 g/mol. The number of hydrogen-bond acceptors (Lipinski definition) is 0. The molecule has 0 bridgehead atoms. The fourth-order valence-electron chi connectivity index (χ4n) is 4.06. The summed E-state index contributed by atoms with van der Waals surface area (Å²) in [7, 11) is 0. The van der Waals surface area contributed by atoms with Crippen LogP contribution < -0.4 is 0 Å². The molecule has 0 unspecified atom stereocenters. The summed E-state index contributed by atoms with van der Waals surface area (Å²) < 4.78 is 1.41. The largest absolute Gasteiger partial charge is 0.493 e. The van der Waals surface area contributed by atoms with Gasteiger partial charge < -0.3 is 5.53 Å². The van der Waals surface area contributed by atoms with E-state index in [0.29, 0.717) is 0 Å². The van der Waals surface area contributed by atoms with Gasteiger partial charge in [-0.15, -0.1) is 0 Å². The minimum atomic E-state index is 0.883. The molecule has 0 saturated heterocycles. The van der Waals surface area contributed by atoms with E-state index >= 15 is 0 Å². The second-order valence-electron chi connectivity index (χ2n) is 8.42. The lowest BCUT2D eigenvalue weighted by molar-refractivity contribution is -0.344. The Morgan fingerprint density at radius 1 is 0.633 bits per heavy atom. The van der Waals surface area contributed by atoms with E-state index in [1.807, 2.05) is 0 Å². The molecule has 0 aromatic heterocycles. The van der Waals surface area contributed by atoms with Crippen molar-refractivity contribution in [1.82, 2.24) is 0 Å². The predicted molar refractivity (Wildman–Crippen MR) is 128 cm³/mol. The molecule has 1 aliphatic heterocycles. The SMILES string of the molecule is CCCCC1=C(c2ccc(CCCC)cc2)[N+](=[N-])C(c2ccc(CCCC)cc2)=C1. The second-order valence-corrected chi connectivity index (χ2v) is 8.42. The number of allylic oxidation sites excluding steroid dienone is 2. The quantitative estimate of drug-likeness (QED) is 0.339. The van der Waals surface area contributed by atoms with Gasteiger partial charge in [0, 0.05) is 22.8 Å². The Bertz CT molecular complexity index is 899. The highest BCUT2D eigenvalue weighted by Crippen LogP contribution is 2.37. The van der Waals surface area contributed by atoms with Crippen LogP contribution in [0.5, 0.6) is 0 Å². The first-order valence-electron chi connectivity index (χ1n) is 11.8. The van der Waals surface area contributed by atoms with Crippen LogP contribution in [0.1, 0.15) is 88.0 Å². The summed E-state index contributed by atoms with van der Waals surface area (Å²) in [5, 5.41) is 0. The van der Waals surface area contributed by atoms with E-state index in [2.05, 4.69) is 75.4 Å². The van der Waals surface area contributed by atoms with Gasteiger partial charge in [0.25, 0.3) is 0 Å². The minimum Gasteiger partial charge on any atom is -0.493 e. The third-order valence-electron chi connectivity index (χ3n) is 5.97. The molecule has 1 aliphatic rings. The van der Waals surface area contributed by atoms with Gasteiger partial charge >= 0.3 is 0 Å². The summed E-state index contributed by atoms with van der Waals surface area (Å²) in [4.78, 5) is 0. The van der Waals surface area contributed by atoms with E-state index in [1.54, 1.807) is 0 Å². The van der Waals surface area contributed by atoms with Crippen LogP contribution in [0, 0.1) is 0 Å². The number of rotatable bonds is 11. The second kappa shape index (κ2) is 11.1. The average Bonchev–Trinajstić information content (AvgIpc) is 3.11. The van der Waals surface area contributed by atoms with E-state index in [-0.39, 0.29) is 0 Å². The smallest absolute Gasteiger partial charge is 0.210 e. The molecular weight excluding hydrogens is 364 g/mol. The van der Waals surface area contributed by atoms with Crippen molar-refractivity contribution in [3.63, 3.8) is 0 Å². The number of unbranched alkanes of at least 4 members (excludes halogenated alkanes) is 3. The first kappa shape index (κ1) is 22.2. The Labute approximate surface area is 182 Å². The van der Waals surface area contributed by atoms with E-state index < -0.39 is 0 Å². The van der Waals surface area contributed by atoms with Crippen molar-refractivity contribution in [2.75, 3.05) is 0 Å². The fraction of sp³-hybridized carbons (Fsp3) is 0.429. The van der Waals surface area contributed by atoms with Crippen LogP contribution in [0.3, 0.4) is 0 Å². The molecular formula is C28H36N2. The van der Waals surface area contributed by atoms with Crippen molar-refractivity contribution in [3.05, 3.63) is 88.0 Å². The van der Waals surface area contributed by atoms with Gasteiger partial charge in [0.1, 0.15) is 0 Å². The molecule has 0 amide bonds. The zero-order valence-corrected chi connectivity index (χ0v) is 19.0. The molecule has 2 nitrogen and oxygen atoms in total. The zero-order chi connectivity index (χ0) is 21.3. The molecule has 2 aromatic carbocycles. The molecule has 3 rings (SSSR count). The van der Waals surface area contributed by atoms with Gasteiger partial charge in [-0.25, -0.2) is 4.70 Å². The summed E-state index contributed by atoms with van der Waals surface area (Å²) in [6.45, 7) is 6.67. The van der Waals surface area contributed by atoms with E-state index in [1.165, 1.54) is 47.1 Å². The lowest BCUT2D eigenvalue weighted by Crippen LogP contribution is -2.02. The fourth-order valence-corrected chi connectivity index (χ4v) is 4.06. The molecule has 158 valence electrons. The lowest BCUT2D eigenvalue weighted by Gasteiger charge is -2.11. The standard InChI is InChI=1S/C28H36N2/c1-4-7-10-22-13-17-24(18-14-22)27-21-26(12-9-6-3)28(30(27)29)25-19-15-23(16-20-25)11-8-5-2/h13-21H,4-12H2,1-3H3. The van der Waals surface area contributed by atoms with Crippen LogP contribution in [0.4, 0.5) is 0 Å². The van der Waals surface area contributed by atoms with Gasteiger partial charge in [-0.2, -0.15) is 0 Å². The highest BCUT2D eigenvalue weighted by Gasteiger charge is 2.28. The van der Waals surface area contributed by atoms with Crippen molar-refractivity contribution in [3.8, 4) is 0 Å². The van der Waals surface area contributed by atoms with Crippen LogP contribution in [-0.2, 0) is 12.8 Å². The van der Waals surface area contributed by atoms with Crippen LogP contribution >= 0.6 is 0 Å². The third kappa shape index (κ3) is 5.36. The van der Waals surface area contributed by atoms with Crippen LogP contribution in [0.15, 0.2) is 60.2 Å². The number of hydrogen-bond donors (Lipinski definition) is 0. The molecule has 30 heavy (non-hydrogen) atoms. The molecule has 2 aromatic rings. The van der Waals surface area contributed by atoms with Gasteiger partial charge in [-0.1, -0.05) is 64.3 Å². The van der Waals surface area contributed by atoms with Crippen LogP contribution in [0.25, 0.3) is 16.9 Å². The van der Waals surface area contributed by atoms with Gasteiger partial charge in [0.2, 0.25) is 11.4 Å². The molecule has 0 saturated carbocycles. The van der Waals surface area contributed by atoms with Crippen molar-refractivity contribution < 1.29 is 4.70 Å². The van der Waals surface area contributed by atoms with Crippen molar-refractivity contribution in [2.45, 2.75) is 78.6 Å². The molecule has 0 N–H and O–H groups in total. The van der Waals surface area contributed by atoms with Crippen molar-refractivity contribution in [2.24, 2.45) is 0 Å². The van der Waals surface area contributed by atoms with Crippen molar-refractivity contribution in [1.29, 1.82) is 0 Å². The van der Waals surface area contributed by atoms with Crippen LogP contribution in [0.2, 0.25) is 0 Å². The number of nitrogens with zero attached hydrogens (tertiary/aromatic N) is 2. The summed E-state index contributed by atoms with van der Waals surface area (Å²) in [6, 6.07) is 17.5. The Kier molecular flexibility index (Phi) is 8.19. The predicted octanol–water partition coefficient (Wildman–Crippen LogP) is 8.36. The highest BCUT2D eigenvalue weighted by molar-refractivity contribution is 5.78. The maximum absolute atomic E-state index is 11.2. The topological polar surface area (TPSA) is 25.3 Å². The van der Waals surface area contributed by atoms with Gasteiger partial charge in [-0.3, -0.25) is 0 Å². The van der Waals surface area contributed by atoms with Gasteiger partial charge in [0.15, 0.2) is 0 Å².